The van der Waals surface area contributed by atoms with Crippen molar-refractivity contribution >= 4 is 28.9 Å². The molecular formula is C14H12Cl2FNO. The summed E-state index contributed by atoms with van der Waals surface area (Å²) in [7, 11) is 0. The van der Waals surface area contributed by atoms with Gasteiger partial charge in [0.15, 0.2) is 0 Å². The maximum Gasteiger partial charge on any atom is 0.139 e. The van der Waals surface area contributed by atoms with E-state index in [1.54, 1.807) is 30.3 Å². The van der Waals surface area contributed by atoms with Crippen LogP contribution in [-0.2, 0) is 0 Å². The van der Waals surface area contributed by atoms with Gasteiger partial charge in [0.1, 0.15) is 18.2 Å². The van der Waals surface area contributed by atoms with Gasteiger partial charge in [-0.3, -0.25) is 0 Å². The highest BCUT2D eigenvalue weighted by molar-refractivity contribution is 6.34. The van der Waals surface area contributed by atoms with Crippen LogP contribution >= 0.6 is 23.2 Å². The quantitative estimate of drug-likeness (QED) is 0.813. The van der Waals surface area contributed by atoms with Gasteiger partial charge in [0.2, 0.25) is 0 Å². The Morgan fingerprint density at radius 1 is 1.05 bits per heavy atom. The predicted molar refractivity (Wildman–Crippen MR) is 76.8 cm³/mol. The van der Waals surface area contributed by atoms with Crippen molar-refractivity contribution in [3.63, 3.8) is 0 Å². The number of ether oxygens (including phenoxy) is 1. The Bertz CT molecular complexity index is 546. The van der Waals surface area contributed by atoms with Crippen molar-refractivity contribution in [2.24, 2.45) is 0 Å². The zero-order chi connectivity index (χ0) is 13.7. The minimum atomic E-state index is -0.257. The van der Waals surface area contributed by atoms with Gasteiger partial charge >= 0.3 is 0 Å². The number of halogens is 3. The normalized spacial score (nSPS) is 10.3. The average Bonchev–Trinajstić information content (AvgIpc) is 2.40. The van der Waals surface area contributed by atoms with E-state index in [2.05, 4.69) is 5.32 Å². The minimum Gasteiger partial charge on any atom is -0.490 e. The summed E-state index contributed by atoms with van der Waals surface area (Å²) < 4.78 is 18.2. The molecule has 0 heterocycles. The van der Waals surface area contributed by atoms with Crippen LogP contribution in [0.3, 0.4) is 0 Å². The van der Waals surface area contributed by atoms with Crippen LogP contribution in [0.1, 0.15) is 0 Å². The van der Waals surface area contributed by atoms with Crippen LogP contribution in [0.25, 0.3) is 0 Å². The van der Waals surface area contributed by atoms with Crippen molar-refractivity contribution in [2.75, 3.05) is 18.5 Å². The largest absolute Gasteiger partial charge is 0.490 e. The molecule has 0 saturated heterocycles. The van der Waals surface area contributed by atoms with E-state index in [1.165, 1.54) is 12.1 Å². The van der Waals surface area contributed by atoms with E-state index < -0.39 is 0 Å². The molecule has 1 N–H and O–H groups in total. The van der Waals surface area contributed by atoms with Gasteiger partial charge in [0.25, 0.3) is 0 Å². The van der Waals surface area contributed by atoms with Crippen LogP contribution in [0.4, 0.5) is 10.1 Å². The van der Waals surface area contributed by atoms with Crippen LogP contribution in [0.15, 0.2) is 42.5 Å². The first-order valence-corrected chi connectivity index (χ1v) is 6.48. The average molecular weight is 300 g/mol. The van der Waals surface area contributed by atoms with E-state index in [0.29, 0.717) is 28.9 Å². The zero-order valence-corrected chi connectivity index (χ0v) is 11.5. The van der Waals surface area contributed by atoms with Gasteiger partial charge in [0, 0.05) is 23.3 Å². The highest BCUT2D eigenvalue weighted by Gasteiger charge is 2.02. The molecule has 0 atom stereocenters. The fourth-order valence-corrected chi connectivity index (χ4v) is 1.85. The van der Waals surface area contributed by atoms with E-state index in [1.807, 2.05) is 0 Å². The number of hydrogen-bond acceptors (Lipinski definition) is 2. The van der Waals surface area contributed by atoms with Crippen LogP contribution in [0.2, 0.25) is 10.0 Å². The zero-order valence-electron chi connectivity index (χ0n) is 10.00. The molecule has 19 heavy (non-hydrogen) atoms. The van der Waals surface area contributed by atoms with Crippen molar-refractivity contribution in [1.82, 2.24) is 0 Å². The van der Waals surface area contributed by atoms with Gasteiger partial charge in [-0.05, 0) is 36.4 Å². The third-order valence-electron chi connectivity index (χ3n) is 2.43. The summed E-state index contributed by atoms with van der Waals surface area (Å²) >= 11 is 11.8. The molecule has 0 saturated carbocycles. The van der Waals surface area contributed by atoms with Crippen molar-refractivity contribution in [3.8, 4) is 5.75 Å². The smallest absolute Gasteiger partial charge is 0.139 e. The Kier molecular flexibility index (Phi) is 4.88. The molecule has 0 bridgehead atoms. The van der Waals surface area contributed by atoms with E-state index in [0.717, 1.165) is 5.69 Å². The fourth-order valence-electron chi connectivity index (χ4n) is 1.51. The molecule has 0 spiro atoms. The van der Waals surface area contributed by atoms with Gasteiger partial charge in [-0.25, -0.2) is 4.39 Å². The molecule has 0 aromatic heterocycles. The molecule has 0 amide bonds. The molecular weight excluding hydrogens is 288 g/mol. The Balaban J connectivity index is 1.80. The predicted octanol–water partition coefficient (Wildman–Crippen LogP) is 4.62. The standard InChI is InChI=1S/C14H12Cl2FNO/c15-10-1-6-13(16)14(9-10)19-8-7-18-12-4-2-11(17)3-5-12/h1-6,9,18H,7-8H2. The third-order valence-corrected chi connectivity index (χ3v) is 2.97. The topological polar surface area (TPSA) is 21.3 Å². The summed E-state index contributed by atoms with van der Waals surface area (Å²) in [6.07, 6.45) is 0. The molecule has 0 unspecified atom stereocenters. The first-order valence-electron chi connectivity index (χ1n) is 5.72. The number of rotatable bonds is 5. The van der Waals surface area contributed by atoms with Gasteiger partial charge in [-0.1, -0.05) is 23.2 Å². The second-order valence-corrected chi connectivity index (χ2v) is 4.70. The molecule has 0 aliphatic rings. The van der Waals surface area contributed by atoms with Gasteiger partial charge in [0.05, 0.1) is 5.02 Å². The minimum absolute atomic E-state index is 0.257. The lowest BCUT2D eigenvalue weighted by atomic mass is 10.3. The molecule has 2 nitrogen and oxygen atoms in total. The molecule has 5 heteroatoms. The van der Waals surface area contributed by atoms with Crippen LogP contribution in [-0.4, -0.2) is 13.2 Å². The summed E-state index contributed by atoms with van der Waals surface area (Å²) in [4.78, 5) is 0. The fraction of sp³-hybridized carbons (Fsp3) is 0.143. The summed E-state index contributed by atoms with van der Waals surface area (Å²) in [5, 5.41) is 4.20. The summed E-state index contributed by atoms with van der Waals surface area (Å²) in [5.41, 5.74) is 0.835. The monoisotopic (exact) mass is 299 g/mol. The SMILES string of the molecule is Fc1ccc(NCCOc2cc(Cl)ccc2Cl)cc1. The summed E-state index contributed by atoms with van der Waals surface area (Å²) in [6.45, 7) is 1.01. The van der Waals surface area contributed by atoms with Crippen LogP contribution in [0, 0.1) is 5.82 Å². The Morgan fingerprint density at radius 3 is 2.53 bits per heavy atom. The third kappa shape index (κ3) is 4.30. The van der Waals surface area contributed by atoms with E-state index in [4.69, 9.17) is 27.9 Å². The van der Waals surface area contributed by atoms with Crippen LogP contribution in [0.5, 0.6) is 5.75 Å². The molecule has 100 valence electrons. The van der Waals surface area contributed by atoms with E-state index in [-0.39, 0.29) is 5.82 Å². The van der Waals surface area contributed by atoms with Crippen LogP contribution < -0.4 is 10.1 Å². The second kappa shape index (κ2) is 6.64. The Labute approximate surface area is 121 Å². The highest BCUT2D eigenvalue weighted by atomic mass is 35.5. The first-order chi connectivity index (χ1) is 9.15. The number of nitrogens with one attached hydrogen (secondary N) is 1. The van der Waals surface area contributed by atoms with Crippen molar-refractivity contribution < 1.29 is 9.13 Å². The number of hydrogen-bond donors (Lipinski definition) is 1. The number of benzene rings is 2. The highest BCUT2D eigenvalue weighted by Crippen LogP contribution is 2.27. The number of anilines is 1. The molecule has 0 fully saturated rings. The summed E-state index contributed by atoms with van der Waals surface area (Å²) in [5.74, 6) is 0.294. The first kappa shape index (κ1) is 14.0. The lowest BCUT2D eigenvalue weighted by molar-refractivity contribution is 0.333. The molecule has 0 radical (unpaired) electrons. The molecule has 0 aliphatic carbocycles. The van der Waals surface area contributed by atoms with Gasteiger partial charge in [-0.2, -0.15) is 0 Å². The lowest BCUT2D eigenvalue weighted by Gasteiger charge is -2.10. The van der Waals surface area contributed by atoms with Gasteiger partial charge < -0.3 is 10.1 Å². The van der Waals surface area contributed by atoms with Gasteiger partial charge in [-0.15, -0.1) is 0 Å². The van der Waals surface area contributed by atoms with E-state index >= 15 is 0 Å². The van der Waals surface area contributed by atoms with Crippen molar-refractivity contribution in [3.05, 3.63) is 58.3 Å². The van der Waals surface area contributed by atoms with Crippen molar-refractivity contribution in [1.29, 1.82) is 0 Å². The maximum absolute atomic E-state index is 12.7. The molecule has 0 aliphatic heterocycles. The molecule has 2 aromatic carbocycles. The van der Waals surface area contributed by atoms with E-state index in [9.17, 15) is 4.39 Å². The Hall–Kier alpha value is -1.45. The lowest BCUT2D eigenvalue weighted by Crippen LogP contribution is -2.11. The molecule has 2 rings (SSSR count). The molecule has 2 aromatic rings. The Morgan fingerprint density at radius 2 is 1.79 bits per heavy atom. The second-order valence-electron chi connectivity index (χ2n) is 3.86. The summed E-state index contributed by atoms with van der Waals surface area (Å²) in [6, 6.07) is 11.2. The van der Waals surface area contributed by atoms with Crippen molar-refractivity contribution in [2.45, 2.75) is 0 Å². The maximum atomic E-state index is 12.7.